The number of nitrogens with zero attached hydrogens (tertiary/aromatic N) is 2. The topological polar surface area (TPSA) is 85.3 Å². The number of aryl methyl sites for hydroxylation is 2. The van der Waals surface area contributed by atoms with E-state index in [1.165, 1.54) is 0 Å². The molecular weight excluding hydrogens is 272 g/mol. The Morgan fingerprint density at radius 3 is 2.76 bits per heavy atom. The van der Waals surface area contributed by atoms with Gasteiger partial charge in [-0.3, -0.25) is 25.1 Å². The lowest BCUT2D eigenvalue weighted by Crippen LogP contribution is -2.47. The van der Waals surface area contributed by atoms with Gasteiger partial charge in [-0.05, 0) is 33.3 Å². The molecule has 2 N–H and O–H groups in total. The van der Waals surface area contributed by atoms with Crippen LogP contribution in [-0.4, -0.2) is 34.3 Å². The van der Waals surface area contributed by atoms with Crippen LogP contribution in [0.25, 0.3) is 0 Å². The standard InChI is InChI=1S/C14H22N4O3/c1-5-6-7-21-12(4)14(20)16-15-13(19)9-18-11(3)8-10(2)17-18/h5,8,12H,1,6-7,9H2,2-4H3,(H,15,19)(H,16,20). The van der Waals surface area contributed by atoms with Crippen molar-refractivity contribution in [2.45, 2.75) is 39.8 Å². The van der Waals surface area contributed by atoms with Crippen LogP contribution < -0.4 is 10.9 Å². The second-order valence-electron chi connectivity index (χ2n) is 4.71. The third kappa shape index (κ3) is 5.78. The van der Waals surface area contributed by atoms with Crippen molar-refractivity contribution < 1.29 is 14.3 Å². The Bertz CT molecular complexity index is 510. The van der Waals surface area contributed by atoms with Crippen molar-refractivity contribution in [1.29, 1.82) is 0 Å². The van der Waals surface area contributed by atoms with Crippen LogP contribution in [0.15, 0.2) is 18.7 Å². The van der Waals surface area contributed by atoms with Crippen LogP contribution in [0, 0.1) is 13.8 Å². The average molecular weight is 294 g/mol. The molecule has 7 heteroatoms. The molecule has 0 bridgehead atoms. The van der Waals surface area contributed by atoms with E-state index in [9.17, 15) is 9.59 Å². The van der Waals surface area contributed by atoms with Gasteiger partial charge in [-0.25, -0.2) is 0 Å². The third-order valence-corrected chi connectivity index (χ3v) is 2.78. The predicted molar refractivity (Wildman–Crippen MR) is 78.2 cm³/mol. The van der Waals surface area contributed by atoms with Gasteiger partial charge < -0.3 is 4.74 Å². The highest BCUT2D eigenvalue weighted by molar-refractivity contribution is 5.84. The van der Waals surface area contributed by atoms with Crippen molar-refractivity contribution in [3.05, 3.63) is 30.1 Å². The van der Waals surface area contributed by atoms with Crippen molar-refractivity contribution in [3.8, 4) is 0 Å². The summed E-state index contributed by atoms with van der Waals surface area (Å²) in [7, 11) is 0. The van der Waals surface area contributed by atoms with E-state index in [0.717, 1.165) is 11.4 Å². The molecule has 2 amide bonds. The highest BCUT2D eigenvalue weighted by Crippen LogP contribution is 2.00. The first-order chi connectivity index (χ1) is 9.93. The summed E-state index contributed by atoms with van der Waals surface area (Å²) in [5.74, 6) is -0.756. The van der Waals surface area contributed by atoms with Crippen LogP contribution in [0.4, 0.5) is 0 Å². The summed E-state index contributed by atoms with van der Waals surface area (Å²) in [6.07, 6.45) is 1.74. The molecule has 0 radical (unpaired) electrons. The number of hydrogen-bond acceptors (Lipinski definition) is 4. The van der Waals surface area contributed by atoms with E-state index in [1.807, 2.05) is 19.9 Å². The predicted octanol–water partition coefficient (Wildman–Crippen LogP) is 0.629. The summed E-state index contributed by atoms with van der Waals surface area (Å²) in [6, 6.07) is 1.88. The van der Waals surface area contributed by atoms with E-state index in [4.69, 9.17) is 4.74 Å². The highest BCUT2D eigenvalue weighted by atomic mass is 16.5. The molecule has 0 saturated heterocycles. The second-order valence-corrected chi connectivity index (χ2v) is 4.71. The lowest BCUT2D eigenvalue weighted by Gasteiger charge is -2.13. The van der Waals surface area contributed by atoms with Crippen LogP contribution in [0.5, 0.6) is 0 Å². The largest absolute Gasteiger partial charge is 0.368 e. The first-order valence-corrected chi connectivity index (χ1v) is 6.76. The number of rotatable bonds is 7. The molecule has 0 spiro atoms. The maximum Gasteiger partial charge on any atom is 0.267 e. The van der Waals surface area contributed by atoms with Gasteiger partial charge >= 0.3 is 0 Å². The zero-order chi connectivity index (χ0) is 15.8. The summed E-state index contributed by atoms with van der Waals surface area (Å²) in [5.41, 5.74) is 6.39. The van der Waals surface area contributed by atoms with E-state index < -0.39 is 12.0 Å². The van der Waals surface area contributed by atoms with Gasteiger partial charge in [-0.2, -0.15) is 5.10 Å². The molecule has 1 unspecified atom stereocenters. The molecule has 1 heterocycles. The minimum Gasteiger partial charge on any atom is -0.368 e. The number of hydrogen-bond donors (Lipinski definition) is 2. The van der Waals surface area contributed by atoms with Gasteiger partial charge in [0.1, 0.15) is 12.6 Å². The van der Waals surface area contributed by atoms with Gasteiger partial charge in [0.05, 0.1) is 12.3 Å². The summed E-state index contributed by atoms with van der Waals surface area (Å²) in [6.45, 7) is 9.36. The van der Waals surface area contributed by atoms with Gasteiger partial charge in [0.25, 0.3) is 11.8 Å². The Labute approximate surface area is 124 Å². The quantitative estimate of drug-likeness (QED) is 0.439. The third-order valence-electron chi connectivity index (χ3n) is 2.78. The first-order valence-electron chi connectivity index (χ1n) is 6.76. The van der Waals surface area contributed by atoms with Gasteiger partial charge in [-0.1, -0.05) is 6.08 Å². The molecule has 0 aliphatic heterocycles. The first kappa shape index (κ1) is 16.9. The van der Waals surface area contributed by atoms with Crippen molar-refractivity contribution in [3.63, 3.8) is 0 Å². The summed E-state index contributed by atoms with van der Waals surface area (Å²) in [4.78, 5) is 23.4. The second kappa shape index (κ2) is 8.21. The van der Waals surface area contributed by atoms with Gasteiger partial charge in [0, 0.05) is 5.69 Å². The molecule has 1 atom stereocenters. The maximum atomic E-state index is 11.7. The summed E-state index contributed by atoms with van der Waals surface area (Å²) < 4.78 is 6.84. The zero-order valence-corrected chi connectivity index (χ0v) is 12.7. The van der Waals surface area contributed by atoms with E-state index in [1.54, 1.807) is 17.7 Å². The fraction of sp³-hybridized carbons (Fsp3) is 0.500. The van der Waals surface area contributed by atoms with Crippen molar-refractivity contribution in [1.82, 2.24) is 20.6 Å². The number of hydrazine groups is 1. The number of carbonyl (C=O) groups excluding carboxylic acids is 2. The minimum atomic E-state index is -0.640. The summed E-state index contributed by atoms with van der Waals surface area (Å²) in [5, 5.41) is 4.17. The van der Waals surface area contributed by atoms with Crippen LogP contribution in [0.2, 0.25) is 0 Å². The van der Waals surface area contributed by atoms with Crippen molar-refractivity contribution >= 4 is 11.8 Å². The normalized spacial score (nSPS) is 11.8. The van der Waals surface area contributed by atoms with Crippen LogP contribution in [0.1, 0.15) is 24.7 Å². The highest BCUT2D eigenvalue weighted by Gasteiger charge is 2.14. The Morgan fingerprint density at radius 2 is 2.19 bits per heavy atom. The van der Waals surface area contributed by atoms with E-state index in [-0.39, 0.29) is 12.5 Å². The zero-order valence-electron chi connectivity index (χ0n) is 12.7. The number of ether oxygens (including phenoxy) is 1. The molecule has 21 heavy (non-hydrogen) atoms. The molecule has 1 rings (SSSR count). The van der Waals surface area contributed by atoms with Crippen LogP contribution in [-0.2, 0) is 20.9 Å². The number of amides is 2. The maximum absolute atomic E-state index is 11.7. The number of aromatic nitrogens is 2. The molecule has 116 valence electrons. The Hall–Kier alpha value is -2.15. The van der Waals surface area contributed by atoms with Gasteiger partial charge in [0.15, 0.2) is 0 Å². The Morgan fingerprint density at radius 1 is 1.48 bits per heavy atom. The number of carbonyl (C=O) groups is 2. The van der Waals surface area contributed by atoms with Crippen LogP contribution in [0.3, 0.4) is 0 Å². The molecule has 1 aromatic heterocycles. The average Bonchev–Trinajstić information content (AvgIpc) is 2.74. The minimum absolute atomic E-state index is 0.0473. The fourth-order valence-electron chi connectivity index (χ4n) is 1.65. The fourth-order valence-corrected chi connectivity index (χ4v) is 1.65. The molecule has 0 aliphatic rings. The molecule has 7 nitrogen and oxygen atoms in total. The monoisotopic (exact) mass is 294 g/mol. The molecular formula is C14H22N4O3. The van der Waals surface area contributed by atoms with Gasteiger partial charge in [0.2, 0.25) is 0 Å². The van der Waals surface area contributed by atoms with E-state index in [0.29, 0.717) is 13.0 Å². The molecule has 0 saturated carbocycles. The SMILES string of the molecule is C=CCCOC(C)C(=O)NNC(=O)Cn1nc(C)cc1C. The summed E-state index contributed by atoms with van der Waals surface area (Å²) >= 11 is 0. The Balaban J connectivity index is 2.33. The van der Waals surface area contributed by atoms with E-state index in [2.05, 4.69) is 22.5 Å². The molecule has 1 aromatic rings. The molecule has 0 fully saturated rings. The van der Waals surface area contributed by atoms with Crippen molar-refractivity contribution in [2.24, 2.45) is 0 Å². The van der Waals surface area contributed by atoms with Crippen LogP contribution >= 0.6 is 0 Å². The lowest BCUT2D eigenvalue weighted by molar-refractivity contribution is -0.136. The Kier molecular flexibility index (Phi) is 6.61. The van der Waals surface area contributed by atoms with E-state index >= 15 is 0 Å². The number of nitrogens with one attached hydrogen (secondary N) is 2. The molecule has 0 aliphatic carbocycles. The lowest BCUT2D eigenvalue weighted by atomic mass is 10.4. The molecule has 0 aromatic carbocycles. The van der Waals surface area contributed by atoms with Crippen molar-refractivity contribution in [2.75, 3.05) is 6.61 Å². The van der Waals surface area contributed by atoms with Gasteiger partial charge in [-0.15, -0.1) is 6.58 Å². The smallest absolute Gasteiger partial charge is 0.267 e.